The molecule has 0 rings (SSSR count). The molecule has 0 aliphatic heterocycles. The summed E-state index contributed by atoms with van der Waals surface area (Å²) in [5.41, 5.74) is 6.37. The highest BCUT2D eigenvalue weighted by Gasteiger charge is 1.88. The molecule has 0 aromatic heterocycles. The van der Waals surface area contributed by atoms with Crippen molar-refractivity contribution in [2.45, 2.75) is 27.7 Å². The van der Waals surface area contributed by atoms with Gasteiger partial charge in [0.05, 0.1) is 5.84 Å². The fraction of sp³-hybridized carbons (Fsp3) is 0.625. The Morgan fingerprint density at radius 2 is 1.90 bits per heavy atom. The van der Waals surface area contributed by atoms with Crippen molar-refractivity contribution in [1.82, 2.24) is 0 Å². The summed E-state index contributed by atoms with van der Waals surface area (Å²) in [6.45, 7) is 7.98. The highest BCUT2D eigenvalue weighted by atomic mass is 14.8. The molecule has 0 saturated heterocycles. The van der Waals surface area contributed by atoms with Crippen LogP contribution in [0.3, 0.4) is 0 Å². The number of amidine groups is 1. The van der Waals surface area contributed by atoms with Crippen LogP contribution in [0.5, 0.6) is 0 Å². The molecule has 0 aromatic rings. The van der Waals surface area contributed by atoms with Gasteiger partial charge >= 0.3 is 0 Å². The minimum absolute atomic E-state index is 0.545. The van der Waals surface area contributed by atoms with E-state index in [1.807, 2.05) is 6.92 Å². The van der Waals surface area contributed by atoms with E-state index in [2.05, 4.69) is 24.9 Å². The number of nitrogens with zero attached hydrogens (tertiary/aromatic N) is 1. The van der Waals surface area contributed by atoms with Crippen LogP contribution in [0.1, 0.15) is 27.7 Å². The third-order valence-electron chi connectivity index (χ3n) is 0.927. The molecule has 0 aromatic carbocycles. The van der Waals surface area contributed by atoms with Crippen LogP contribution in [0.2, 0.25) is 0 Å². The van der Waals surface area contributed by atoms with Gasteiger partial charge in [-0.15, -0.1) is 0 Å². The van der Waals surface area contributed by atoms with Crippen LogP contribution < -0.4 is 5.73 Å². The molecule has 2 heteroatoms. The molecule has 0 atom stereocenters. The van der Waals surface area contributed by atoms with E-state index in [9.17, 15) is 0 Å². The molecular formula is C8H16N2. The van der Waals surface area contributed by atoms with Gasteiger partial charge in [0.15, 0.2) is 0 Å². The highest BCUT2D eigenvalue weighted by Crippen LogP contribution is 2.01. The van der Waals surface area contributed by atoms with Crippen LogP contribution >= 0.6 is 0 Å². The fourth-order valence-corrected chi connectivity index (χ4v) is 0.798. The topological polar surface area (TPSA) is 38.4 Å². The van der Waals surface area contributed by atoms with Crippen molar-refractivity contribution >= 4 is 5.84 Å². The molecule has 0 fully saturated rings. The summed E-state index contributed by atoms with van der Waals surface area (Å²) < 4.78 is 0. The summed E-state index contributed by atoms with van der Waals surface area (Å²) in [6, 6.07) is 0. The minimum atomic E-state index is 0.545. The van der Waals surface area contributed by atoms with E-state index in [4.69, 9.17) is 5.73 Å². The normalized spacial score (nSPS) is 14.5. The Hall–Kier alpha value is -0.790. The first-order chi connectivity index (χ1) is 4.52. The van der Waals surface area contributed by atoms with Crippen molar-refractivity contribution < 1.29 is 0 Å². The van der Waals surface area contributed by atoms with Gasteiger partial charge < -0.3 is 5.73 Å². The largest absolute Gasteiger partial charge is 0.387 e. The maximum Gasteiger partial charge on any atom is 0.0960 e. The van der Waals surface area contributed by atoms with Gasteiger partial charge in [0.2, 0.25) is 0 Å². The first-order valence-electron chi connectivity index (χ1n) is 3.51. The van der Waals surface area contributed by atoms with Crippen LogP contribution in [-0.4, -0.2) is 5.84 Å². The Balaban J connectivity index is 4.08. The second kappa shape index (κ2) is 4.09. The second-order valence-corrected chi connectivity index (χ2v) is 2.81. The Labute approximate surface area is 62.8 Å². The zero-order chi connectivity index (χ0) is 8.15. The highest BCUT2D eigenvalue weighted by molar-refractivity contribution is 5.78. The quantitative estimate of drug-likeness (QED) is 0.462. The lowest BCUT2D eigenvalue weighted by Crippen LogP contribution is -2.04. The Morgan fingerprint density at radius 1 is 1.40 bits per heavy atom. The number of rotatable bonds is 2. The molecule has 2 N–H and O–H groups in total. The number of allylic oxidation sites excluding steroid dienone is 2. The molecule has 0 saturated carbocycles. The van der Waals surface area contributed by atoms with E-state index in [-0.39, 0.29) is 0 Å². The van der Waals surface area contributed by atoms with Crippen molar-refractivity contribution in [2.24, 2.45) is 16.6 Å². The first kappa shape index (κ1) is 9.21. The van der Waals surface area contributed by atoms with Gasteiger partial charge in [-0.05, 0) is 19.8 Å². The lowest BCUT2D eigenvalue weighted by atomic mass is 10.2. The Bertz CT molecular complexity index is 151. The van der Waals surface area contributed by atoms with Gasteiger partial charge in [0.25, 0.3) is 0 Å². The van der Waals surface area contributed by atoms with Crippen LogP contribution in [0.15, 0.2) is 16.8 Å². The van der Waals surface area contributed by atoms with Crippen LogP contribution in [0.25, 0.3) is 0 Å². The van der Waals surface area contributed by atoms with Gasteiger partial charge in [-0.3, -0.25) is 0 Å². The molecule has 0 aliphatic rings. The number of nitrogens with two attached hydrogens (primary N) is 1. The van der Waals surface area contributed by atoms with Crippen molar-refractivity contribution in [2.75, 3.05) is 0 Å². The summed E-state index contributed by atoms with van der Waals surface area (Å²) in [7, 11) is 0. The van der Waals surface area contributed by atoms with Gasteiger partial charge in [0.1, 0.15) is 0 Å². The average Bonchev–Trinajstić information content (AvgIpc) is 1.58. The molecular weight excluding hydrogens is 124 g/mol. The van der Waals surface area contributed by atoms with Crippen molar-refractivity contribution in [3.05, 3.63) is 11.8 Å². The monoisotopic (exact) mass is 140 g/mol. The zero-order valence-corrected chi connectivity index (χ0v) is 7.18. The molecule has 0 spiro atoms. The van der Waals surface area contributed by atoms with Crippen molar-refractivity contribution in [1.29, 1.82) is 0 Å². The minimum Gasteiger partial charge on any atom is -0.387 e. The molecule has 0 bridgehead atoms. The lowest BCUT2D eigenvalue weighted by molar-refractivity contribution is 0.819. The predicted octanol–water partition coefficient (Wildman–Crippen LogP) is 1.92. The first-order valence-corrected chi connectivity index (χ1v) is 3.51. The van der Waals surface area contributed by atoms with Gasteiger partial charge in [0, 0.05) is 5.70 Å². The third kappa shape index (κ3) is 5.35. The molecule has 10 heavy (non-hydrogen) atoms. The van der Waals surface area contributed by atoms with Gasteiger partial charge in [-0.2, -0.15) is 0 Å². The molecule has 58 valence electrons. The van der Waals surface area contributed by atoms with E-state index in [1.165, 1.54) is 0 Å². The third-order valence-corrected chi connectivity index (χ3v) is 0.927. The van der Waals surface area contributed by atoms with E-state index in [0.29, 0.717) is 11.8 Å². The predicted molar refractivity (Wildman–Crippen MR) is 45.9 cm³/mol. The molecule has 0 aliphatic carbocycles. The molecule has 2 nitrogen and oxygen atoms in total. The summed E-state index contributed by atoms with van der Waals surface area (Å²) >= 11 is 0. The Morgan fingerprint density at radius 3 is 2.20 bits per heavy atom. The summed E-state index contributed by atoms with van der Waals surface area (Å²) in [5.74, 6) is 1.16. The molecule has 0 amide bonds. The number of aliphatic imine (C=N–C) groups is 1. The van der Waals surface area contributed by atoms with E-state index in [0.717, 1.165) is 5.70 Å². The summed E-state index contributed by atoms with van der Waals surface area (Å²) in [5, 5.41) is 0. The number of hydrogen-bond donors (Lipinski definition) is 1. The van der Waals surface area contributed by atoms with Crippen molar-refractivity contribution in [3.63, 3.8) is 0 Å². The van der Waals surface area contributed by atoms with Crippen LogP contribution in [-0.2, 0) is 0 Å². The van der Waals surface area contributed by atoms with E-state index >= 15 is 0 Å². The smallest absolute Gasteiger partial charge is 0.0960 e. The van der Waals surface area contributed by atoms with Gasteiger partial charge in [-0.25, -0.2) is 4.99 Å². The number of hydrogen-bond acceptors (Lipinski definition) is 1. The molecule has 0 heterocycles. The zero-order valence-electron chi connectivity index (χ0n) is 7.18. The van der Waals surface area contributed by atoms with Crippen LogP contribution in [0.4, 0.5) is 0 Å². The molecule has 0 radical (unpaired) electrons. The van der Waals surface area contributed by atoms with Crippen molar-refractivity contribution in [3.8, 4) is 0 Å². The van der Waals surface area contributed by atoms with E-state index in [1.54, 1.807) is 6.92 Å². The standard InChI is InChI=1S/C8H16N2/c1-6(2)5-7(3)10-8(4)9/h5-6H,1-4H3,(H2,9,10). The van der Waals surface area contributed by atoms with Gasteiger partial charge in [-0.1, -0.05) is 19.9 Å². The summed E-state index contributed by atoms with van der Waals surface area (Å²) in [4.78, 5) is 4.07. The second-order valence-electron chi connectivity index (χ2n) is 2.81. The lowest BCUT2D eigenvalue weighted by Gasteiger charge is -1.96. The van der Waals surface area contributed by atoms with E-state index < -0.39 is 0 Å². The molecule has 0 unspecified atom stereocenters. The summed E-state index contributed by atoms with van der Waals surface area (Å²) in [6.07, 6.45) is 2.08. The fourth-order valence-electron chi connectivity index (χ4n) is 0.798. The van der Waals surface area contributed by atoms with Crippen LogP contribution in [0, 0.1) is 5.92 Å². The average molecular weight is 140 g/mol. The SMILES string of the molecule is CC(=CC(C)C)N=C(C)N. The Kier molecular flexibility index (Phi) is 3.77. The maximum absolute atomic E-state index is 5.38. The maximum atomic E-state index is 5.38.